The molecule has 2 amide bonds. The Morgan fingerprint density at radius 3 is 2.20 bits per heavy atom. The summed E-state index contributed by atoms with van der Waals surface area (Å²) in [5.74, 6) is -0.142. The third kappa shape index (κ3) is 8.81. The summed E-state index contributed by atoms with van der Waals surface area (Å²) in [4.78, 5) is 28.4. The van der Waals surface area contributed by atoms with Gasteiger partial charge in [-0.2, -0.15) is 0 Å². The number of carbonyl (C=O) groups excluding carboxylic acids is 2. The van der Waals surface area contributed by atoms with Gasteiger partial charge in [-0.3, -0.25) is 13.9 Å². The molecule has 0 radical (unpaired) electrons. The standard InChI is InChI=1S/C31H36BrN3O5S/c1-23(31(37)33-27-10-6-7-11-27)34(20-24-12-14-26(32)15-13-24)30(36)21-35(41(2,38)39)28-16-18-29(19-17-28)40-22-25-8-4-3-5-9-25/h3-5,8-9,12-19,23,27H,6-7,10-11,20-22H2,1-2H3,(H,33,37)/t23-/m1/s1. The van der Waals surface area contributed by atoms with E-state index in [9.17, 15) is 18.0 Å². The summed E-state index contributed by atoms with van der Waals surface area (Å²) in [6.45, 7) is 1.78. The van der Waals surface area contributed by atoms with Gasteiger partial charge in [-0.25, -0.2) is 8.42 Å². The van der Waals surface area contributed by atoms with Crippen molar-refractivity contribution in [2.45, 2.75) is 57.8 Å². The maximum atomic E-state index is 13.8. The van der Waals surface area contributed by atoms with E-state index < -0.39 is 28.5 Å². The molecule has 0 saturated heterocycles. The van der Waals surface area contributed by atoms with Crippen LogP contribution in [0.25, 0.3) is 0 Å². The van der Waals surface area contributed by atoms with Crippen molar-refractivity contribution in [3.8, 4) is 5.75 Å². The number of ether oxygens (including phenoxy) is 1. The molecule has 0 heterocycles. The minimum atomic E-state index is -3.82. The Bertz CT molecular complexity index is 1410. The Morgan fingerprint density at radius 1 is 0.951 bits per heavy atom. The highest BCUT2D eigenvalue weighted by Gasteiger charge is 2.31. The first-order chi connectivity index (χ1) is 19.6. The third-order valence-electron chi connectivity index (χ3n) is 7.19. The van der Waals surface area contributed by atoms with Crippen LogP contribution < -0.4 is 14.4 Å². The molecule has 1 aliphatic carbocycles. The largest absolute Gasteiger partial charge is 0.489 e. The quantitative estimate of drug-likeness (QED) is 0.291. The summed E-state index contributed by atoms with van der Waals surface area (Å²) >= 11 is 3.42. The number of rotatable bonds is 12. The molecule has 3 aromatic rings. The summed E-state index contributed by atoms with van der Waals surface area (Å²) < 4.78 is 33.5. The molecule has 0 unspecified atom stereocenters. The van der Waals surface area contributed by atoms with Gasteiger partial charge in [-0.15, -0.1) is 0 Å². The Hall–Kier alpha value is -3.37. The van der Waals surface area contributed by atoms with Crippen LogP contribution in [0.5, 0.6) is 5.75 Å². The van der Waals surface area contributed by atoms with E-state index in [4.69, 9.17) is 4.74 Å². The third-order valence-corrected chi connectivity index (χ3v) is 8.86. The van der Waals surface area contributed by atoms with Crippen LogP contribution in [-0.4, -0.2) is 50.0 Å². The predicted molar refractivity (Wildman–Crippen MR) is 164 cm³/mol. The summed E-state index contributed by atoms with van der Waals surface area (Å²) in [6, 6.07) is 23.1. The molecule has 0 spiro atoms. The van der Waals surface area contributed by atoms with E-state index >= 15 is 0 Å². The summed E-state index contributed by atoms with van der Waals surface area (Å²) in [5, 5.41) is 3.07. The van der Waals surface area contributed by atoms with Crippen LogP contribution in [0.4, 0.5) is 5.69 Å². The average molecular weight is 643 g/mol. The van der Waals surface area contributed by atoms with Crippen molar-refractivity contribution in [2.24, 2.45) is 0 Å². The molecule has 41 heavy (non-hydrogen) atoms. The van der Waals surface area contributed by atoms with E-state index in [-0.39, 0.29) is 18.5 Å². The van der Waals surface area contributed by atoms with Gasteiger partial charge in [-0.1, -0.05) is 71.2 Å². The van der Waals surface area contributed by atoms with Crippen molar-refractivity contribution >= 4 is 43.5 Å². The Labute approximate surface area is 250 Å². The molecular formula is C31H36BrN3O5S. The lowest BCUT2D eigenvalue weighted by Gasteiger charge is -2.32. The van der Waals surface area contributed by atoms with Gasteiger partial charge < -0.3 is 15.0 Å². The molecule has 1 aliphatic rings. The molecule has 1 atom stereocenters. The second-order valence-corrected chi connectivity index (χ2v) is 13.2. The molecule has 0 bridgehead atoms. The number of carbonyl (C=O) groups is 2. The van der Waals surface area contributed by atoms with E-state index in [2.05, 4.69) is 21.2 Å². The van der Waals surface area contributed by atoms with Gasteiger partial charge in [0.2, 0.25) is 21.8 Å². The number of amides is 2. The van der Waals surface area contributed by atoms with Gasteiger partial charge in [-0.05, 0) is 67.3 Å². The second kappa shape index (κ2) is 14.0. The highest BCUT2D eigenvalue weighted by Crippen LogP contribution is 2.24. The molecule has 218 valence electrons. The van der Waals surface area contributed by atoms with Crippen LogP contribution in [0.2, 0.25) is 0 Å². The van der Waals surface area contributed by atoms with Crippen LogP contribution in [0, 0.1) is 0 Å². The Kier molecular flexibility index (Phi) is 10.4. The highest BCUT2D eigenvalue weighted by molar-refractivity contribution is 9.10. The Balaban J connectivity index is 1.51. The fourth-order valence-electron chi connectivity index (χ4n) is 4.82. The average Bonchev–Trinajstić information content (AvgIpc) is 3.47. The van der Waals surface area contributed by atoms with Crippen LogP contribution in [0.15, 0.2) is 83.3 Å². The van der Waals surface area contributed by atoms with Gasteiger partial charge in [0.15, 0.2) is 0 Å². The molecular weight excluding hydrogens is 606 g/mol. The van der Waals surface area contributed by atoms with Crippen molar-refractivity contribution in [3.63, 3.8) is 0 Å². The number of nitrogens with one attached hydrogen (secondary N) is 1. The minimum Gasteiger partial charge on any atom is -0.489 e. The Morgan fingerprint density at radius 2 is 1.59 bits per heavy atom. The highest BCUT2D eigenvalue weighted by atomic mass is 79.9. The maximum Gasteiger partial charge on any atom is 0.244 e. The molecule has 3 aromatic carbocycles. The zero-order valence-electron chi connectivity index (χ0n) is 23.3. The molecule has 8 nitrogen and oxygen atoms in total. The second-order valence-electron chi connectivity index (χ2n) is 10.4. The van der Waals surface area contributed by atoms with Crippen LogP contribution in [0.1, 0.15) is 43.7 Å². The van der Waals surface area contributed by atoms with Gasteiger partial charge in [0, 0.05) is 17.1 Å². The minimum absolute atomic E-state index is 0.102. The smallest absolute Gasteiger partial charge is 0.244 e. The SMILES string of the molecule is C[C@H](C(=O)NC1CCCC1)N(Cc1ccc(Br)cc1)C(=O)CN(c1ccc(OCc2ccccc2)cc1)S(C)(=O)=O. The number of anilines is 1. The van der Waals surface area contributed by atoms with Crippen molar-refractivity contribution < 1.29 is 22.7 Å². The van der Waals surface area contributed by atoms with Gasteiger partial charge >= 0.3 is 0 Å². The first-order valence-corrected chi connectivity index (χ1v) is 16.3. The van der Waals surface area contributed by atoms with Crippen molar-refractivity contribution in [1.29, 1.82) is 0 Å². The van der Waals surface area contributed by atoms with E-state index in [0.29, 0.717) is 18.0 Å². The van der Waals surface area contributed by atoms with Crippen LogP contribution in [0.3, 0.4) is 0 Å². The summed E-state index contributed by atoms with van der Waals surface area (Å²) in [7, 11) is -3.82. The lowest BCUT2D eigenvalue weighted by molar-refractivity contribution is -0.139. The number of sulfonamides is 1. The fourth-order valence-corrected chi connectivity index (χ4v) is 5.94. The first-order valence-electron chi connectivity index (χ1n) is 13.7. The number of hydrogen-bond donors (Lipinski definition) is 1. The van der Waals surface area contributed by atoms with E-state index in [1.165, 1.54) is 4.90 Å². The monoisotopic (exact) mass is 641 g/mol. The van der Waals surface area contributed by atoms with Crippen molar-refractivity contribution in [2.75, 3.05) is 17.1 Å². The number of nitrogens with zero attached hydrogens (tertiary/aromatic N) is 2. The van der Waals surface area contributed by atoms with Gasteiger partial charge in [0.1, 0.15) is 24.9 Å². The predicted octanol–water partition coefficient (Wildman–Crippen LogP) is 5.27. The lowest BCUT2D eigenvalue weighted by atomic mass is 10.1. The van der Waals surface area contributed by atoms with Crippen LogP contribution >= 0.6 is 15.9 Å². The van der Waals surface area contributed by atoms with E-state index in [0.717, 1.165) is 51.8 Å². The molecule has 4 rings (SSSR count). The van der Waals surface area contributed by atoms with Gasteiger partial charge in [0.05, 0.1) is 11.9 Å². The topological polar surface area (TPSA) is 96.0 Å². The molecule has 1 fully saturated rings. The summed E-state index contributed by atoms with van der Waals surface area (Å²) in [5.41, 5.74) is 2.17. The number of hydrogen-bond acceptors (Lipinski definition) is 5. The van der Waals surface area contributed by atoms with E-state index in [1.54, 1.807) is 31.2 Å². The zero-order valence-corrected chi connectivity index (χ0v) is 25.7. The molecule has 1 saturated carbocycles. The van der Waals surface area contributed by atoms with Crippen molar-refractivity contribution in [3.05, 3.63) is 94.5 Å². The summed E-state index contributed by atoms with van der Waals surface area (Å²) in [6.07, 6.45) is 5.05. The first kappa shape index (κ1) is 30.6. The number of halogens is 1. The molecule has 0 aromatic heterocycles. The van der Waals surface area contributed by atoms with Crippen LogP contribution in [-0.2, 0) is 32.8 Å². The molecule has 0 aliphatic heterocycles. The van der Waals surface area contributed by atoms with E-state index in [1.807, 2.05) is 54.6 Å². The molecule has 10 heteroatoms. The maximum absolute atomic E-state index is 13.8. The van der Waals surface area contributed by atoms with Crippen molar-refractivity contribution in [1.82, 2.24) is 10.2 Å². The normalized spacial score (nSPS) is 14.3. The number of benzene rings is 3. The molecule has 1 N–H and O–H groups in total. The zero-order chi connectivity index (χ0) is 29.4. The van der Waals surface area contributed by atoms with Gasteiger partial charge in [0.25, 0.3) is 0 Å². The fraction of sp³-hybridized carbons (Fsp3) is 0.355. The lowest BCUT2D eigenvalue weighted by Crippen LogP contribution is -2.52.